The largest absolute Gasteiger partial charge is 0.356 e. The molecule has 2 saturated heterocycles. The van der Waals surface area contributed by atoms with Crippen LogP contribution >= 0.6 is 0 Å². The van der Waals surface area contributed by atoms with E-state index in [2.05, 4.69) is 33.8 Å². The Hall–Kier alpha value is -1.62. The first kappa shape index (κ1) is 15.3. The number of aromatic nitrogens is 1. The molecule has 3 rings (SSSR count). The van der Waals surface area contributed by atoms with Gasteiger partial charge >= 0.3 is 0 Å². The van der Waals surface area contributed by atoms with Gasteiger partial charge in [0.25, 0.3) is 0 Å². The molecule has 1 aromatic heterocycles. The molecule has 1 spiro atoms. The third kappa shape index (κ3) is 2.47. The lowest BCUT2D eigenvalue weighted by molar-refractivity contribution is -0.151. The molecule has 3 heterocycles. The maximum absolute atomic E-state index is 12.8. The molecule has 2 aliphatic heterocycles. The van der Waals surface area contributed by atoms with E-state index in [-0.39, 0.29) is 5.54 Å². The fourth-order valence-electron chi connectivity index (χ4n) is 3.88. The van der Waals surface area contributed by atoms with Gasteiger partial charge in [-0.25, -0.2) is 4.98 Å². The summed E-state index contributed by atoms with van der Waals surface area (Å²) in [5.41, 5.74) is 0.753. The summed E-state index contributed by atoms with van der Waals surface area (Å²) < 4.78 is 0. The summed E-state index contributed by atoms with van der Waals surface area (Å²) in [5.74, 6) is 1.34. The molecule has 120 valence electrons. The Kier molecular flexibility index (Phi) is 4.08. The van der Waals surface area contributed by atoms with E-state index in [1.54, 1.807) is 0 Å². The normalized spacial score (nSPS) is 22.4. The fraction of sp³-hybridized carbons (Fsp3) is 0.647. The Morgan fingerprint density at radius 3 is 2.55 bits per heavy atom. The van der Waals surface area contributed by atoms with Crippen molar-refractivity contribution < 1.29 is 4.79 Å². The number of anilines is 1. The minimum atomic E-state index is -0.290. The van der Waals surface area contributed by atoms with E-state index in [0.29, 0.717) is 5.91 Å². The van der Waals surface area contributed by atoms with Crippen molar-refractivity contribution in [3.8, 4) is 0 Å². The lowest BCUT2D eigenvalue weighted by atomic mass is 9.82. The third-order valence-electron chi connectivity index (χ3n) is 5.23. The van der Waals surface area contributed by atoms with Crippen LogP contribution in [0.4, 0.5) is 5.82 Å². The second-order valence-electron chi connectivity index (χ2n) is 6.46. The number of hydrogen-bond acceptors (Lipinski definition) is 4. The number of carbonyl (C=O) groups is 1. The zero-order chi connectivity index (χ0) is 15.7. The number of nitrogens with zero attached hydrogens (tertiary/aromatic N) is 4. The third-order valence-corrected chi connectivity index (χ3v) is 5.23. The summed E-state index contributed by atoms with van der Waals surface area (Å²) in [7, 11) is 1.94. The molecule has 0 bridgehead atoms. The molecular formula is C17H26N4O. The van der Waals surface area contributed by atoms with E-state index in [4.69, 9.17) is 0 Å². The Morgan fingerprint density at radius 2 is 1.91 bits per heavy atom. The average molecular weight is 302 g/mol. The summed E-state index contributed by atoms with van der Waals surface area (Å²) in [6, 6.07) is 6.14. The van der Waals surface area contributed by atoms with Crippen molar-refractivity contribution >= 4 is 11.7 Å². The molecule has 0 N–H and O–H groups in total. The van der Waals surface area contributed by atoms with Gasteiger partial charge in [0.15, 0.2) is 0 Å². The van der Waals surface area contributed by atoms with Crippen molar-refractivity contribution in [2.45, 2.75) is 32.2 Å². The van der Waals surface area contributed by atoms with Crippen LogP contribution < -0.4 is 4.90 Å². The molecule has 1 amide bonds. The van der Waals surface area contributed by atoms with Crippen molar-refractivity contribution in [1.29, 1.82) is 0 Å². The molecule has 5 heteroatoms. The van der Waals surface area contributed by atoms with Gasteiger partial charge in [0, 0.05) is 38.9 Å². The minimum absolute atomic E-state index is 0.290. The number of rotatable bonds is 2. The first-order valence-electron chi connectivity index (χ1n) is 8.26. The van der Waals surface area contributed by atoms with Gasteiger partial charge < -0.3 is 9.80 Å². The van der Waals surface area contributed by atoms with Crippen molar-refractivity contribution in [1.82, 2.24) is 14.8 Å². The van der Waals surface area contributed by atoms with E-state index in [1.165, 1.54) is 0 Å². The minimum Gasteiger partial charge on any atom is -0.356 e. The van der Waals surface area contributed by atoms with Crippen molar-refractivity contribution in [2.75, 3.05) is 44.7 Å². The molecule has 0 atom stereocenters. The monoisotopic (exact) mass is 302 g/mol. The molecule has 0 aromatic carbocycles. The van der Waals surface area contributed by atoms with Gasteiger partial charge in [-0.3, -0.25) is 9.69 Å². The van der Waals surface area contributed by atoms with E-state index >= 15 is 0 Å². The van der Waals surface area contributed by atoms with E-state index in [1.807, 2.05) is 24.9 Å². The second kappa shape index (κ2) is 5.88. The van der Waals surface area contributed by atoms with Gasteiger partial charge in [-0.1, -0.05) is 13.0 Å². The number of aryl methyl sites for hydroxylation is 1. The zero-order valence-corrected chi connectivity index (χ0v) is 13.9. The Morgan fingerprint density at radius 1 is 1.18 bits per heavy atom. The van der Waals surface area contributed by atoms with Gasteiger partial charge in [-0.2, -0.15) is 0 Å². The lowest BCUT2D eigenvalue weighted by Gasteiger charge is -2.52. The van der Waals surface area contributed by atoms with Crippen LogP contribution in [0.1, 0.15) is 25.5 Å². The summed E-state index contributed by atoms with van der Waals surface area (Å²) in [5, 5.41) is 0. The molecule has 0 unspecified atom stereocenters. The van der Waals surface area contributed by atoms with Crippen LogP contribution in [0.3, 0.4) is 0 Å². The molecule has 2 aliphatic rings. The van der Waals surface area contributed by atoms with Crippen LogP contribution in [-0.4, -0.2) is 66.0 Å². The van der Waals surface area contributed by atoms with E-state index in [0.717, 1.165) is 57.1 Å². The number of amides is 1. The van der Waals surface area contributed by atoms with Gasteiger partial charge in [0.05, 0.1) is 0 Å². The Balaban J connectivity index is 1.78. The highest BCUT2D eigenvalue weighted by Gasteiger charge is 2.49. The van der Waals surface area contributed by atoms with E-state index < -0.39 is 0 Å². The quantitative estimate of drug-likeness (QED) is 0.830. The average Bonchev–Trinajstić information content (AvgIpc) is 2.54. The lowest BCUT2D eigenvalue weighted by Crippen LogP contribution is -2.68. The number of carbonyl (C=O) groups excluding carboxylic acids is 1. The maximum atomic E-state index is 12.8. The smallest absolute Gasteiger partial charge is 0.243 e. The van der Waals surface area contributed by atoms with Crippen LogP contribution in [0.2, 0.25) is 0 Å². The molecule has 22 heavy (non-hydrogen) atoms. The summed E-state index contributed by atoms with van der Waals surface area (Å²) in [6.07, 6.45) is 1.78. The highest BCUT2D eigenvalue weighted by molar-refractivity contribution is 5.87. The Labute approximate surface area is 132 Å². The predicted molar refractivity (Wildman–Crippen MR) is 88.0 cm³/mol. The van der Waals surface area contributed by atoms with E-state index in [9.17, 15) is 4.79 Å². The highest BCUT2D eigenvalue weighted by atomic mass is 16.2. The molecule has 0 radical (unpaired) electrons. The van der Waals surface area contributed by atoms with Crippen molar-refractivity contribution in [3.05, 3.63) is 23.9 Å². The first-order valence-corrected chi connectivity index (χ1v) is 8.26. The number of hydrogen-bond donors (Lipinski definition) is 0. The van der Waals surface area contributed by atoms with Gasteiger partial charge in [-0.05, 0) is 38.4 Å². The van der Waals surface area contributed by atoms with Crippen molar-refractivity contribution in [2.24, 2.45) is 0 Å². The number of likely N-dealkylation sites (N-methyl/N-ethyl adjacent to an activating group) is 2. The van der Waals surface area contributed by atoms with Gasteiger partial charge in [-0.15, -0.1) is 0 Å². The van der Waals surface area contributed by atoms with Crippen LogP contribution in [-0.2, 0) is 4.79 Å². The number of piperazine rings is 1. The molecular weight excluding hydrogens is 276 g/mol. The van der Waals surface area contributed by atoms with Crippen LogP contribution in [0.25, 0.3) is 0 Å². The topological polar surface area (TPSA) is 39.7 Å². The Bertz CT molecular complexity index is 551. The molecule has 0 saturated carbocycles. The summed E-state index contributed by atoms with van der Waals surface area (Å²) >= 11 is 0. The number of pyridine rings is 1. The fourth-order valence-corrected chi connectivity index (χ4v) is 3.88. The highest BCUT2D eigenvalue weighted by Crippen LogP contribution is 2.34. The summed E-state index contributed by atoms with van der Waals surface area (Å²) in [4.78, 5) is 24.0. The summed E-state index contributed by atoms with van der Waals surface area (Å²) in [6.45, 7) is 8.75. The van der Waals surface area contributed by atoms with Crippen LogP contribution in [0.5, 0.6) is 0 Å². The molecule has 2 fully saturated rings. The van der Waals surface area contributed by atoms with Gasteiger partial charge in [0.2, 0.25) is 5.91 Å². The maximum Gasteiger partial charge on any atom is 0.243 e. The predicted octanol–water partition coefficient (Wildman–Crippen LogP) is 1.52. The van der Waals surface area contributed by atoms with Crippen LogP contribution in [0.15, 0.2) is 18.2 Å². The van der Waals surface area contributed by atoms with Crippen molar-refractivity contribution in [3.63, 3.8) is 0 Å². The molecule has 0 aliphatic carbocycles. The molecule has 5 nitrogen and oxygen atoms in total. The second-order valence-corrected chi connectivity index (χ2v) is 6.46. The molecule has 1 aromatic rings. The number of piperidine rings is 1. The zero-order valence-electron chi connectivity index (χ0n) is 13.9. The SMILES string of the molecule is CCN1CCN(C)C(=O)C12CCN(c1cccc(C)n1)CC2. The standard InChI is InChI=1S/C17H26N4O/c1-4-21-13-12-19(3)16(22)17(21)8-10-20(11-9-17)15-7-5-6-14(2)18-15/h5-7H,4,8-13H2,1-3H3. The van der Waals surface area contributed by atoms with Gasteiger partial charge in [0.1, 0.15) is 11.4 Å². The van der Waals surface area contributed by atoms with Crippen LogP contribution in [0, 0.1) is 6.92 Å². The first-order chi connectivity index (χ1) is 10.6.